The van der Waals surface area contributed by atoms with Crippen molar-refractivity contribution >= 4 is 5.78 Å². The Hall–Kier alpha value is -0.370. The van der Waals surface area contributed by atoms with Gasteiger partial charge < -0.3 is 5.32 Å². The highest BCUT2D eigenvalue weighted by Gasteiger charge is 2.19. The third-order valence-electron chi connectivity index (χ3n) is 3.78. The van der Waals surface area contributed by atoms with Crippen LogP contribution in [0.15, 0.2) is 0 Å². The molecule has 1 unspecified atom stereocenters. The van der Waals surface area contributed by atoms with Crippen molar-refractivity contribution in [2.24, 2.45) is 5.92 Å². The van der Waals surface area contributed by atoms with Gasteiger partial charge in [-0.1, -0.05) is 45.4 Å². The maximum atomic E-state index is 11.9. The normalized spacial score (nSPS) is 20.4. The third kappa shape index (κ3) is 6.82. The van der Waals surface area contributed by atoms with Crippen molar-refractivity contribution in [3.63, 3.8) is 0 Å². The Kier molecular flexibility index (Phi) is 8.33. The molecule has 0 aromatic carbocycles. The van der Waals surface area contributed by atoms with E-state index in [4.69, 9.17) is 0 Å². The summed E-state index contributed by atoms with van der Waals surface area (Å²) in [6.45, 7) is 4.27. The van der Waals surface area contributed by atoms with Crippen LogP contribution < -0.4 is 5.32 Å². The molecule has 0 amide bonds. The lowest BCUT2D eigenvalue weighted by molar-refractivity contribution is -0.123. The highest BCUT2D eigenvalue weighted by molar-refractivity contribution is 5.81. The summed E-state index contributed by atoms with van der Waals surface area (Å²) in [5.41, 5.74) is 0. The highest BCUT2D eigenvalue weighted by Crippen LogP contribution is 2.15. The molecule has 0 radical (unpaired) electrons. The number of nitrogens with one attached hydrogen (secondary N) is 1. The predicted molar refractivity (Wildman–Crippen MR) is 73.2 cm³/mol. The molecule has 1 atom stereocenters. The summed E-state index contributed by atoms with van der Waals surface area (Å²) in [6, 6.07) is 0. The van der Waals surface area contributed by atoms with Gasteiger partial charge in [-0.25, -0.2) is 0 Å². The zero-order valence-corrected chi connectivity index (χ0v) is 11.5. The largest absolute Gasteiger partial charge is 0.316 e. The van der Waals surface area contributed by atoms with Crippen LogP contribution in [0.5, 0.6) is 0 Å². The molecule has 1 rings (SSSR count). The molecule has 1 aliphatic heterocycles. The smallest absolute Gasteiger partial charge is 0.137 e. The first-order chi connectivity index (χ1) is 8.34. The van der Waals surface area contributed by atoms with E-state index in [-0.39, 0.29) is 0 Å². The molecule has 1 aliphatic rings. The Labute approximate surface area is 107 Å². The van der Waals surface area contributed by atoms with Crippen LogP contribution in [-0.2, 0) is 4.79 Å². The molecule has 1 heterocycles. The summed E-state index contributed by atoms with van der Waals surface area (Å²) in [4.78, 5) is 11.9. The fraction of sp³-hybridized carbons (Fsp3) is 0.933. The number of hydrogen-bond acceptors (Lipinski definition) is 2. The molecule has 1 N–H and O–H groups in total. The minimum Gasteiger partial charge on any atom is -0.316 e. The van der Waals surface area contributed by atoms with Crippen molar-refractivity contribution in [1.29, 1.82) is 0 Å². The van der Waals surface area contributed by atoms with Gasteiger partial charge in [-0.2, -0.15) is 0 Å². The van der Waals surface area contributed by atoms with E-state index in [0.29, 0.717) is 11.7 Å². The average Bonchev–Trinajstić information content (AvgIpc) is 2.38. The number of unbranched alkanes of at least 4 members (excludes halogenated alkanes) is 6. The van der Waals surface area contributed by atoms with Gasteiger partial charge in [-0.3, -0.25) is 4.79 Å². The predicted octanol–water partition coefficient (Wildman–Crippen LogP) is 3.70. The second-order valence-corrected chi connectivity index (χ2v) is 5.38. The van der Waals surface area contributed by atoms with Crippen molar-refractivity contribution in [3.05, 3.63) is 0 Å². The van der Waals surface area contributed by atoms with E-state index in [2.05, 4.69) is 12.2 Å². The molecule has 0 aromatic rings. The van der Waals surface area contributed by atoms with Crippen LogP contribution in [0.4, 0.5) is 0 Å². The van der Waals surface area contributed by atoms with Crippen molar-refractivity contribution in [2.45, 2.75) is 71.1 Å². The van der Waals surface area contributed by atoms with Gasteiger partial charge in [0.2, 0.25) is 0 Å². The monoisotopic (exact) mass is 239 g/mol. The van der Waals surface area contributed by atoms with Crippen LogP contribution in [0.3, 0.4) is 0 Å². The van der Waals surface area contributed by atoms with E-state index in [1.54, 1.807) is 0 Å². The third-order valence-corrected chi connectivity index (χ3v) is 3.78. The lowest BCUT2D eigenvalue weighted by atomic mass is 9.92. The van der Waals surface area contributed by atoms with Gasteiger partial charge in [0.15, 0.2) is 0 Å². The van der Waals surface area contributed by atoms with Crippen LogP contribution in [0, 0.1) is 5.92 Å². The minimum absolute atomic E-state index is 0.323. The molecule has 0 saturated carbocycles. The van der Waals surface area contributed by atoms with Gasteiger partial charge in [-0.15, -0.1) is 0 Å². The lowest BCUT2D eigenvalue weighted by Gasteiger charge is -2.21. The molecule has 100 valence electrons. The first kappa shape index (κ1) is 14.7. The number of carbonyl (C=O) groups excluding carboxylic acids is 1. The first-order valence-corrected chi connectivity index (χ1v) is 7.58. The maximum Gasteiger partial charge on any atom is 0.137 e. The molecule has 2 heteroatoms. The quantitative estimate of drug-likeness (QED) is 0.622. The Morgan fingerprint density at radius 2 is 1.82 bits per heavy atom. The number of hydrogen-bond donors (Lipinski definition) is 1. The van der Waals surface area contributed by atoms with Gasteiger partial charge in [0.05, 0.1) is 0 Å². The average molecular weight is 239 g/mol. The van der Waals surface area contributed by atoms with E-state index in [1.165, 1.54) is 44.9 Å². The van der Waals surface area contributed by atoms with Crippen LogP contribution in [0.25, 0.3) is 0 Å². The van der Waals surface area contributed by atoms with Crippen molar-refractivity contribution in [3.8, 4) is 0 Å². The molecular weight excluding hydrogens is 210 g/mol. The van der Waals surface area contributed by atoms with Crippen LogP contribution >= 0.6 is 0 Å². The Morgan fingerprint density at radius 1 is 1.12 bits per heavy atom. The van der Waals surface area contributed by atoms with E-state index < -0.39 is 0 Å². The second-order valence-electron chi connectivity index (χ2n) is 5.38. The Morgan fingerprint density at radius 3 is 2.47 bits per heavy atom. The summed E-state index contributed by atoms with van der Waals surface area (Å²) in [7, 11) is 0. The topological polar surface area (TPSA) is 29.1 Å². The van der Waals surface area contributed by atoms with Crippen molar-refractivity contribution in [1.82, 2.24) is 5.32 Å². The summed E-state index contributed by atoms with van der Waals surface area (Å²) < 4.78 is 0. The molecule has 0 aromatic heterocycles. The first-order valence-electron chi connectivity index (χ1n) is 7.58. The van der Waals surface area contributed by atoms with E-state index >= 15 is 0 Å². The number of piperidine rings is 1. The summed E-state index contributed by atoms with van der Waals surface area (Å²) in [5, 5.41) is 3.32. The van der Waals surface area contributed by atoms with Crippen LogP contribution in [0.1, 0.15) is 71.1 Å². The van der Waals surface area contributed by atoms with Gasteiger partial charge in [-0.05, 0) is 25.8 Å². The fourth-order valence-electron chi connectivity index (χ4n) is 2.59. The number of Topliss-reactive ketones (excluding diaryl/α,β-unsaturated/α-hetero) is 1. The van der Waals surface area contributed by atoms with E-state index in [0.717, 1.165) is 32.4 Å². The zero-order chi connectivity index (χ0) is 12.3. The summed E-state index contributed by atoms with van der Waals surface area (Å²) in [5.74, 6) is 0.828. The zero-order valence-electron chi connectivity index (χ0n) is 11.5. The molecule has 1 saturated heterocycles. The van der Waals surface area contributed by atoms with Gasteiger partial charge in [0.1, 0.15) is 5.78 Å². The molecule has 2 nitrogen and oxygen atoms in total. The van der Waals surface area contributed by atoms with Crippen LogP contribution in [-0.4, -0.2) is 18.9 Å². The molecule has 0 aliphatic carbocycles. The van der Waals surface area contributed by atoms with Gasteiger partial charge in [0.25, 0.3) is 0 Å². The molecule has 0 bridgehead atoms. The summed E-state index contributed by atoms with van der Waals surface area (Å²) in [6.07, 6.45) is 12.2. The number of carbonyl (C=O) groups is 1. The Balaban J connectivity index is 1.92. The Bertz CT molecular complexity index is 197. The fourth-order valence-corrected chi connectivity index (χ4v) is 2.59. The van der Waals surface area contributed by atoms with Gasteiger partial charge in [0, 0.05) is 18.9 Å². The SMILES string of the molecule is CCCCCCCCCC(=O)C1CCCNC1. The minimum atomic E-state index is 0.323. The van der Waals surface area contributed by atoms with Crippen molar-refractivity contribution in [2.75, 3.05) is 13.1 Å². The van der Waals surface area contributed by atoms with E-state index in [9.17, 15) is 4.79 Å². The summed E-state index contributed by atoms with van der Waals surface area (Å²) >= 11 is 0. The maximum absolute atomic E-state index is 11.9. The van der Waals surface area contributed by atoms with E-state index in [1.807, 2.05) is 0 Å². The standard InChI is InChI=1S/C15H29NO/c1-2-3-4-5-6-7-8-11-15(17)14-10-9-12-16-13-14/h14,16H,2-13H2,1H3. The highest BCUT2D eigenvalue weighted by atomic mass is 16.1. The van der Waals surface area contributed by atoms with Gasteiger partial charge >= 0.3 is 0 Å². The molecule has 1 fully saturated rings. The van der Waals surface area contributed by atoms with Crippen LogP contribution in [0.2, 0.25) is 0 Å². The molecular formula is C15H29NO. The lowest BCUT2D eigenvalue weighted by Crippen LogP contribution is -2.34. The second kappa shape index (κ2) is 9.64. The number of rotatable bonds is 9. The molecule has 0 spiro atoms. The molecule has 17 heavy (non-hydrogen) atoms. The van der Waals surface area contributed by atoms with Crippen molar-refractivity contribution < 1.29 is 4.79 Å². The number of ketones is 1.